The Morgan fingerprint density at radius 2 is 1.93 bits per heavy atom. The van der Waals surface area contributed by atoms with Crippen molar-refractivity contribution in [2.24, 2.45) is 5.10 Å². The van der Waals surface area contributed by atoms with Gasteiger partial charge in [-0.2, -0.15) is 10.2 Å². The van der Waals surface area contributed by atoms with E-state index in [1.807, 2.05) is 54.6 Å². The maximum atomic E-state index is 13.0. The summed E-state index contributed by atoms with van der Waals surface area (Å²) in [6.45, 7) is -0.147. The molecule has 0 bridgehead atoms. The molecule has 0 fully saturated rings. The Bertz CT molecular complexity index is 1090. The standard InChI is InChI=1S/C21H19N5O4/c1-30-18-9-7-16(8-10-18)20-11-19(15-5-3-2-4-6-15)23-25(20)21(27)14-24-13-17(12-22-24)26(28)29/h2-10,12-13,20H,11,14H2,1H3. The fourth-order valence-electron chi connectivity index (χ4n) is 3.38. The van der Waals surface area contributed by atoms with E-state index in [-0.39, 0.29) is 24.2 Å². The molecule has 0 radical (unpaired) electrons. The third-order valence-electron chi connectivity index (χ3n) is 4.90. The minimum Gasteiger partial charge on any atom is -0.497 e. The van der Waals surface area contributed by atoms with Crippen LogP contribution >= 0.6 is 0 Å². The SMILES string of the molecule is COc1ccc(C2CC(c3ccccc3)=NN2C(=O)Cn2cc([N+](=O)[O-])cn2)cc1. The minimum atomic E-state index is -0.546. The molecule has 1 aliphatic heterocycles. The Hall–Kier alpha value is -4.01. The highest BCUT2D eigenvalue weighted by atomic mass is 16.6. The smallest absolute Gasteiger partial charge is 0.307 e. The molecule has 9 heteroatoms. The summed E-state index contributed by atoms with van der Waals surface area (Å²) in [5, 5.41) is 20.8. The van der Waals surface area contributed by atoms with Crippen molar-refractivity contribution in [1.82, 2.24) is 14.8 Å². The van der Waals surface area contributed by atoms with Crippen LogP contribution in [0.3, 0.4) is 0 Å². The summed E-state index contributed by atoms with van der Waals surface area (Å²) in [5.74, 6) is 0.419. The number of carbonyl (C=O) groups is 1. The van der Waals surface area contributed by atoms with E-state index < -0.39 is 4.92 Å². The number of nitrogens with zero attached hydrogens (tertiary/aromatic N) is 5. The molecule has 3 aromatic rings. The van der Waals surface area contributed by atoms with Gasteiger partial charge in [-0.15, -0.1) is 0 Å². The molecule has 1 amide bonds. The van der Waals surface area contributed by atoms with Gasteiger partial charge in [0, 0.05) is 6.42 Å². The number of amides is 1. The van der Waals surface area contributed by atoms with Gasteiger partial charge in [0.15, 0.2) is 0 Å². The lowest BCUT2D eigenvalue weighted by Crippen LogP contribution is -2.30. The summed E-state index contributed by atoms with van der Waals surface area (Å²) in [5.41, 5.74) is 2.51. The summed E-state index contributed by atoms with van der Waals surface area (Å²) in [4.78, 5) is 23.4. The lowest BCUT2D eigenvalue weighted by Gasteiger charge is -2.22. The molecule has 0 aliphatic carbocycles. The second-order valence-electron chi connectivity index (χ2n) is 6.80. The van der Waals surface area contributed by atoms with Crippen molar-refractivity contribution in [1.29, 1.82) is 0 Å². The van der Waals surface area contributed by atoms with Gasteiger partial charge in [0.2, 0.25) is 0 Å². The number of benzene rings is 2. The number of ether oxygens (including phenoxy) is 1. The van der Waals surface area contributed by atoms with Gasteiger partial charge in [-0.05, 0) is 23.3 Å². The van der Waals surface area contributed by atoms with Crippen molar-refractivity contribution in [2.75, 3.05) is 7.11 Å². The van der Waals surface area contributed by atoms with E-state index >= 15 is 0 Å². The van der Waals surface area contributed by atoms with Crippen LogP contribution in [0.4, 0.5) is 5.69 Å². The third-order valence-corrected chi connectivity index (χ3v) is 4.90. The second kappa shape index (κ2) is 8.16. The quantitative estimate of drug-likeness (QED) is 0.463. The van der Waals surface area contributed by atoms with E-state index in [0.717, 1.165) is 28.8 Å². The summed E-state index contributed by atoms with van der Waals surface area (Å²) < 4.78 is 6.47. The topological polar surface area (TPSA) is 103 Å². The van der Waals surface area contributed by atoms with E-state index in [0.29, 0.717) is 6.42 Å². The lowest BCUT2D eigenvalue weighted by atomic mass is 9.98. The summed E-state index contributed by atoms with van der Waals surface area (Å²) in [6.07, 6.45) is 2.91. The maximum absolute atomic E-state index is 13.0. The summed E-state index contributed by atoms with van der Waals surface area (Å²) >= 11 is 0. The first-order chi connectivity index (χ1) is 14.5. The molecule has 0 spiro atoms. The number of rotatable bonds is 6. The molecule has 0 N–H and O–H groups in total. The van der Waals surface area contributed by atoms with E-state index in [1.165, 1.54) is 15.9 Å². The average Bonchev–Trinajstić information content (AvgIpc) is 3.42. The van der Waals surface area contributed by atoms with Crippen LogP contribution in [0.25, 0.3) is 0 Å². The molecule has 30 heavy (non-hydrogen) atoms. The Morgan fingerprint density at radius 1 is 1.20 bits per heavy atom. The number of methoxy groups -OCH3 is 1. The molecule has 9 nitrogen and oxygen atoms in total. The van der Waals surface area contributed by atoms with E-state index in [1.54, 1.807) is 7.11 Å². The van der Waals surface area contributed by atoms with Crippen LogP contribution in [0, 0.1) is 10.1 Å². The Kier molecular flexibility index (Phi) is 5.25. The fourth-order valence-corrected chi connectivity index (χ4v) is 3.38. The highest BCUT2D eigenvalue weighted by molar-refractivity contribution is 6.03. The largest absolute Gasteiger partial charge is 0.497 e. The van der Waals surface area contributed by atoms with Crippen molar-refractivity contribution < 1.29 is 14.5 Å². The molecule has 152 valence electrons. The van der Waals surface area contributed by atoms with Crippen LogP contribution in [0.2, 0.25) is 0 Å². The monoisotopic (exact) mass is 405 g/mol. The fraction of sp³-hybridized carbons (Fsp3) is 0.190. The highest BCUT2D eigenvalue weighted by Crippen LogP contribution is 2.33. The van der Waals surface area contributed by atoms with Crippen LogP contribution in [-0.2, 0) is 11.3 Å². The van der Waals surface area contributed by atoms with Crippen molar-refractivity contribution in [3.63, 3.8) is 0 Å². The van der Waals surface area contributed by atoms with Crippen LogP contribution in [-0.4, -0.2) is 38.4 Å². The van der Waals surface area contributed by atoms with Gasteiger partial charge in [-0.3, -0.25) is 19.6 Å². The van der Waals surface area contributed by atoms with Crippen LogP contribution in [0.1, 0.15) is 23.6 Å². The summed E-state index contributed by atoms with van der Waals surface area (Å²) in [6, 6.07) is 16.9. The number of nitro groups is 1. The predicted molar refractivity (Wildman–Crippen MR) is 109 cm³/mol. The first kappa shape index (κ1) is 19.3. The van der Waals surface area contributed by atoms with E-state index in [9.17, 15) is 14.9 Å². The lowest BCUT2D eigenvalue weighted by molar-refractivity contribution is -0.385. The average molecular weight is 405 g/mol. The van der Waals surface area contributed by atoms with Crippen molar-refractivity contribution >= 4 is 17.3 Å². The van der Waals surface area contributed by atoms with Gasteiger partial charge in [-0.25, -0.2) is 5.01 Å². The minimum absolute atomic E-state index is 0.147. The van der Waals surface area contributed by atoms with Crippen LogP contribution in [0.5, 0.6) is 5.75 Å². The van der Waals surface area contributed by atoms with Gasteiger partial charge in [0.1, 0.15) is 24.7 Å². The van der Waals surface area contributed by atoms with Gasteiger partial charge in [0.25, 0.3) is 5.91 Å². The molecule has 2 heterocycles. The highest BCUT2D eigenvalue weighted by Gasteiger charge is 2.33. The molecule has 1 atom stereocenters. The number of hydrogen-bond donors (Lipinski definition) is 0. The van der Waals surface area contributed by atoms with Crippen molar-refractivity contribution in [3.05, 3.63) is 88.2 Å². The maximum Gasteiger partial charge on any atom is 0.307 e. The first-order valence-corrected chi connectivity index (χ1v) is 9.31. The molecule has 0 saturated heterocycles. The Labute approximate surface area is 172 Å². The molecule has 1 unspecified atom stereocenters. The molecule has 1 aromatic heterocycles. The number of hydrazone groups is 1. The van der Waals surface area contributed by atoms with Gasteiger partial charge >= 0.3 is 5.69 Å². The van der Waals surface area contributed by atoms with Gasteiger partial charge in [-0.1, -0.05) is 42.5 Å². The number of hydrogen-bond acceptors (Lipinski definition) is 6. The molecular weight excluding hydrogens is 386 g/mol. The van der Waals surface area contributed by atoms with Crippen LogP contribution < -0.4 is 4.74 Å². The van der Waals surface area contributed by atoms with Gasteiger partial charge < -0.3 is 4.74 Å². The second-order valence-corrected chi connectivity index (χ2v) is 6.80. The zero-order chi connectivity index (χ0) is 21.1. The number of aromatic nitrogens is 2. The number of carbonyl (C=O) groups excluding carboxylic acids is 1. The van der Waals surface area contributed by atoms with E-state index in [2.05, 4.69) is 10.2 Å². The Morgan fingerprint density at radius 3 is 2.57 bits per heavy atom. The molecule has 0 saturated carbocycles. The van der Waals surface area contributed by atoms with Crippen molar-refractivity contribution in [2.45, 2.75) is 19.0 Å². The van der Waals surface area contributed by atoms with Crippen LogP contribution in [0.15, 0.2) is 72.1 Å². The van der Waals surface area contributed by atoms with Crippen molar-refractivity contribution in [3.8, 4) is 5.75 Å². The van der Waals surface area contributed by atoms with Gasteiger partial charge in [0.05, 0.1) is 23.8 Å². The summed E-state index contributed by atoms with van der Waals surface area (Å²) in [7, 11) is 1.60. The molecular formula is C21H19N5O4. The van der Waals surface area contributed by atoms with E-state index in [4.69, 9.17) is 4.74 Å². The zero-order valence-electron chi connectivity index (χ0n) is 16.2. The molecule has 1 aliphatic rings. The molecule has 4 rings (SSSR count). The zero-order valence-corrected chi connectivity index (χ0v) is 16.2. The molecule has 2 aromatic carbocycles. The normalized spacial score (nSPS) is 15.7. The third kappa shape index (κ3) is 3.90. The first-order valence-electron chi connectivity index (χ1n) is 9.31. The predicted octanol–water partition coefficient (Wildman–Crippen LogP) is 3.18. The Balaban J connectivity index is 1.62.